The number of anilines is 1. The highest BCUT2D eigenvalue weighted by Crippen LogP contribution is 2.20. The van der Waals surface area contributed by atoms with Crippen molar-refractivity contribution in [3.05, 3.63) is 81.3 Å². The van der Waals surface area contributed by atoms with E-state index in [0.29, 0.717) is 22.5 Å². The highest BCUT2D eigenvalue weighted by Gasteiger charge is 2.13. The van der Waals surface area contributed by atoms with E-state index in [1.54, 1.807) is 18.2 Å². The highest BCUT2D eigenvalue weighted by molar-refractivity contribution is 9.10. The molecule has 1 amide bonds. The normalized spacial score (nSPS) is 10.8. The van der Waals surface area contributed by atoms with Gasteiger partial charge in [0.2, 0.25) is 5.91 Å². The van der Waals surface area contributed by atoms with Gasteiger partial charge in [0.15, 0.2) is 0 Å². The van der Waals surface area contributed by atoms with Gasteiger partial charge in [-0.05, 0) is 42.5 Å². The Morgan fingerprint density at radius 1 is 1.10 bits per heavy atom. The molecule has 0 aliphatic heterocycles. The van der Waals surface area contributed by atoms with Crippen LogP contribution in [0.4, 0.5) is 5.69 Å². The number of nitrogens with zero attached hydrogens (tertiary/aromatic N) is 4. The lowest BCUT2D eigenvalue weighted by atomic mass is 10.1. The number of amides is 1. The van der Waals surface area contributed by atoms with Crippen molar-refractivity contribution >= 4 is 39.0 Å². The van der Waals surface area contributed by atoms with Gasteiger partial charge >= 0.3 is 5.97 Å². The quantitative estimate of drug-likeness (QED) is 0.439. The van der Waals surface area contributed by atoms with E-state index in [9.17, 15) is 14.4 Å². The Labute approximate surface area is 184 Å². The zero-order valence-corrected chi connectivity index (χ0v) is 17.9. The van der Waals surface area contributed by atoms with Crippen LogP contribution in [0.25, 0.3) is 16.8 Å². The molecule has 0 unspecified atom stereocenters. The van der Waals surface area contributed by atoms with Crippen LogP contribution in [0.3, 0.4) is 0 Å². The third kappa shape index (κ3) is 4.38. The number of carbonyl (C=O) groups is 2. The Kier molecular flexibility index (Phi) is 5.63. The van der Waals surface area contributed by atoms with Crippen LogP contribution >= 0.6 is 15.9 Å². The first-order chi connectivity index (χ1) is 14.9. The number of carbonyl (C=O) groups excluding carboxylic acids is 2. The molecule has 0 bridgehead atoms. The summed E-state index contributed by atoms with van der Waals surface area (Å²) >= 11 is 3.39. The Morgan fingerprint density at radius 3 is 2.48 bits per heavy atom. The highest BCUT2D eigenvalue weighted by atomic mass is 79.9. The molecular weight excluding hydrogens is 466 g/mol. The monoisotopic (exact) mass is 481 g/mol. The molecule has 156 valence electrons. The van der Waals surface area contributed by atoms with Crippen molar-refractivity contribution in [1.29, 1.82) is 0 Å². The number of rotatable bonds is 5. The summed E-state index contributed by atoms with van der Waals surface area (Å²) in [5.41, 5.74) is 2.20. The van der Waals surface area contributed by atoms with Crippen molar-refractivity contribution in [2.24, 2.45) is 0 Å². The second kappa shape index (κ2) is 8.52. The average Bonchev–Trinajstić information content (AvgIpc) is 3.21. The molecular formula is C21H16BrN5O4. The van der Waals surface area contributed by atoms with Gasteiger partial charge in [-0.15, -0.1) is 0 Å². The fraction of sp³-hybridized carbons (Fsp3) is 0.0952. The van der Waals surface area contributed by atoms with E-state index in [0.717, 1.165) is 14.7 Å². The summed E-state index contributed by atoms with van der Waals surface area (Å²) < 4.78 is 8.04. The molecule has 0 saturated heterocycles. The van der Waals surface area contributed by atoms with Gasteiger partial charge in [-0.1, -0.05) is 28.1 Å². The molecule has 0 spiro atoms. The van der Waals surface area contributed by atoms with Gasteiger partial charge in [0.25, 0.3) is 5.56 Å². The van der Waals surface area contributed by atoms with Gasteiger partial charge in [-0.2, -0.15) is 10.2 Å². The van der Waals surface area contributed by atoms with E-state index in [-0.39, 0.29) is 6.54 Å². The van der Waals surface area contributed by atoms with E-state index >= 15 is 0 Å². The number of methoxy groups -OCH3 is 1. The Bertz CT molecular complexity index is 1330. The van der Waals surface area contributed by atoms with Gasteiger partial charge in [0, 0.05) is 15.7 Å². The van der Waals surface area contributed by atoms with Crippen LogP contribution in [0.1, 0.15) is 10.4 Å². The number of hydrogen-bond acceptors (Lipinski definition) is 6. The summed E-state index contributed by atoms with van der Waals surface area (Å²) in [6.07, 6.45) is 1.39. The average molecular weight is 482 g/mol. The van der Waals surface area contributed by atoms with E-state index in [4.69, 9.17) is 0 Å². The third-order valence-electron chi connectivity index (χ3n) is 4.51. The van der Waals surface area contributed by atoms with Crippen LogP contribution in [0.15, 0.2) is 70.2 Å². The molecule has 4 aromatic rings. The number of esters is 1. The van der Waals surface area contributed by atoms with Gasteiger partial charge in [0.1, 0.15) is 18.4 Å². The second-order valence-electron chi connectivity index (χ2n) is 6.58. The SMILES string of the molecule is COC(=O)c1ccc(NC(=O)Cn2ncn3nc(-c4ccc(Br)cc4)cc3c2=O)cc1. The van der Waals surface area contributed by atoms with Gasteiger partial charge in [-0.25, -0.2) is 14.0 Å². The Morgan fingerprint density at radius 2 is 1.81 bits per heavy atom. The van der Waals surface area contributed by atoms with Crippen molar-refractivity contribution in [2.45, 2.75) is 6.54 Å². The maximum atomic E-state index is 12.8. The van der Waals surface area contributed by atoms with Gasteiger partial charge in [-0.3, -0.25) is 9.59 Å². The van der Waals surface area contributed by atoms with E-state index < -0.39 is 17.4 Å². The lowest BCUT2D eigenvalue weighted by molar-refractivity contribution is -0.117. The number of hydrogen-bond donors (Lipinski definition) is 1. The molecule has 2 aromatic carbocycles. The largest absolute Gasteiger partial charge is 0.465 e. The van der Waals surface area contributed by atoms with E-state index in [1.165, 1.54) is 30.1 Å². The maximum absolute atomic E-state index is 12.8. The number of fused-ring (bicyclic) bond motifs is 1. The minimum atomic E-state index is -0.467. The smallest absolute Gasteiger partial charge is 0.337 e. The molecule has 31 heavy (non-hydrogen) atoms. The van der Waals surface area contributed by atoms with Crippen LogP contribution in [-0.2, 0) is 16.1 Å². The van der Waals surface area contributed by atoms with Crippen molar-refractivity contribution in [3.63, 3.8) is 0 Å². The number of ether oxygens (including phenoxy) is 1. The van der Waals surface area contributed by atoms with Gasteiger partial charge < -0.3 is 10.1 Å². The predicted molar refractivity (Wildman–Crippen MR) is 117 cm³/mol. The molecule has 0 aliphatic carbocycles. The van der Waals surface area contributed by atoms with Crippen LogP contribution in [-0.4, -0.2) is 38.4 Å². The van der Waals surface area contributed by atoms with Gasteiger partial charge in [0.05, 0.1) is 18.4 Å². The topological polar surface area (TPSA) is 108 Å². The zero-order valence-electron chi connectivity index (χ0n) is 16.3. The first-order valence-electron chi connectivity index (χ1n) is 9.14. The van der Waals surface area contributed by atoms with Crippen molar-refractivity contribution in [2.75, 3.05) is 12.4 Å². The number of nitrogens with one attached hydrogen (secondary N) is 1. The van der Waals surface area contributed by atoms with Crippen molar-refractivity contribution in [1.82, 2.24) is 19.4 Å². The molecule has 0 saturated carbocycles. The maximum Gasteiger partial charge on any atom is 0.337 e. The minimum absolute atomic E-state index is 0.271. The lowest BCUT2D eigenvalue weighted by Crippen LogP contribution is -2.30. The molecule has 4 rings (SSSR count). The summed E-state index contributed by atoms with van der Waals surface area (Å²) in [5.74, 6) is -0.900. The standard InChI is InChI=1S/C21H16BrN5O4/c1-31-21(30)14-4-8-16(9-5-14)24-19(28)11-26-20(29)18-10-17(25-27(18)12-23-26)13-2-6-15(22)7-3-13/h2-10,12H,11H2,1H3,(H,24,28). The molecule has 2 aromatic heterocycles. The fourth-order valence-electron chi connectivity index (χ4n) is 2.96. The molecule has 10 heteroatoms. The van der Waals surface area contributed by atoms with Crippen LogP contribution in [0.5, 0.6) is 0 Å². The van der Waals surface area contributed by atoms with E-state index in [1.807, 2.05) is 24.3 Å². The van der Waals surface area contributed by atoms with Crippen molar-refractivity contribution < 1.29 is 14.3 Å². The number of benzene rings is 2. The molecule has 1 N–H and O–H groups in total. The zero-order chi connectivity index (χ0) is 22.0. The first kappa shape index (κ1) is 20.5. The summed E-state index contributed by atoms with van der Waals surface area (Å²) in [5, 5.41) is 11.1. The Hall–Kier alpha value is -3.79. The lowest BCUT2D eigenvalue weighted by Gasteiger charge is -2.07. The summed E-state index contributed by atoms with van der Waals surface area (Å²) in [4.78, 5) is 36.6. The molecule has 0 aliphatic rings. The number of aromatic nitrogens is 4. The van der Waals surface area contributed by atoms with Crippen LogP contribution in [0.2, 0.25) is 0 Å². The molecule has 2 heterocycles. The van der Waals surface area contributed by atoms with Crippen LogP contribution in [0, 0.1) is 0 Å². The summed E-state index contributed by atoms with van der Waals surface area (Å²) in [7, 11) is 1.29. The Balaban J connectivity index is 1.52. The van der Waals surface area contributed by atoms with Crippen molar-refractivity contribution in [3.8, 4) is 11.3 Å². The molecule has 9 nitrogen and oxygen atoms in total. The third-order valence-corrected chi connectivity index (χ3v) is 5.04. The second-order valence-corrected chi connectivity index (χ2v) is 7.49. The molecule has 0 atom stereocenters. The first-order valence-corrected chi connectivity index (χ1v) is 9.93. The predicted octanol–water partition coefficient (Wildman–Crippen LogP) is 2.75. The molecule has 0 fully saturated rings. The summed E-state index contributed by atoms with van der Waals surface area (Å²) in [6, 6.07) is 15.4. The fourth-order valence-corrected chi connectivity index (χ4v) is 3.22. The van der Waals surface area contributed by atoms with E-state index in [2.05, 4.69) is 36.2 Å². The minimum Gasteiger partial charge on any atom is -0.465 e. The molecule has 0 radical (unpaired) electrons. The summed E-state index contributed by atoms with van der Waals surface area (Å²) in [6.45, 7) is -0.271. The van der Waals surface area contributed by atoms with Crippen LogP contribution < -0.4 is 10.9 Å². The number of halogens is 1.